The molecule has 0 bridgehead atoms. The molecule has 1 aromatic heterocycles. The number of aliphatic hydroxyl groups excluding tert-OH is 1. The summed E-state index contributed by atoms with van der Waals surface area (Å²) >= 11 is 1.28. The van der Waals surface area contributed by atoms with Gasteiger partial charge in [-0.2, -0.15) is 0 Å². The number of hydrogen-bond acceptors (Lipinski definition) is 4. The van der Waals surface area contributed by atoms with Crippen molar-refractivity contribution >= 4 is 17.2 Å². The van der Waals surface area contributed by atoms with Crippen LogP contribution in [0.25, 0.3) is 0 Å². The van der Waals surface area contributed by atoms with E-state index in [1.165, 1.54) is 11.3 Å². The lowest BCUT2D eigenvalue weighted by Crippen LogP contribution is -2.30. The van der Waals surface area contributed by atoms with Gasteiger partial charge in [0.05, 0.1) is 6.10 Å². The van der Waals surface area contributed by atoms with Crippen LogP contribution >= 0.6 is 11.3 Å². The Hall–Kier alpha value is -0.940. The summed E-state index contributed by atoms with van der Waals surface area (Å²) in [5.74, 6) is -0.231. The summed E-state index contributed by atoms with van der Waals surface area (Å²) in [7, 11) is 0. The first-order chi connectivity index (χ1) is 5.70. The van der Waals surface area contributed by atoms with Gasteiger partial charge in [-0.1, -0.05) is 0 Å². The van der Waals surface area contributed by atoms with Crippen LogP contribution in [0.1, 0.15) is 16.7 Å². The summed E-state index contributed by atoms with van der Waals surface area (Å²) in [5.41, 5.74) is 0. The lowest BCUT2D eigenvalue weighted by atomic mass is 10.4. The van der Waals surface area contributed by atoms with Crippen molar-refractivity contribution in [2.75, 3.05) is 6.54 Å². The van der Waals surface area contributed by atoms with Gasteiger partial charge in [0.1, 0.15) is 0 Å². The highest BCUT2D eigenvalue weighted by atomic mass is 32.1. The third kappa shape index (κ3) is 2.60. The van der Waals surface area contributed by atoms with Gasteiger partial charge >= 0.3 is 0 Å². The Morgan fingerprint density at radius 2 is 2.67 bits per heavy atom. The lowest BCUT2D eigenvalue weighted by Gasteiger charge is -2.04. The van der Waals surface area contributed by atoms with E-state index in [9.17, 15) is 4.79 Å². The van der Waals surface area contributed by atoms with Gasteiger partial charge in [-0.05, 0) is 6.92 Å². The molecule has 4 nitrogen and oxygen atoms in total. The fourth-order valence-corrected chi connectivity index (χ4v) is 1.20. The number of carbonyl (C=O) groups excluding carboxylic acids is 1. The topological polar surface area (TPSA) is 62.2 Å². The number of nitrogens with zero attached hydrogens (tertiary/aromatic N) is 1. The molecule has 2 N–H and O–H groups in total. The molecule has 0 fully saturated rings. The summed E-state index contributed by atoms with van der Waals surface area (Å²) in [6.07, 6.45) is 1.05. The average Bonchev–Trinajstić information content (AvgIpc) is 2.51. The number of aromatic nitrogens is 1. The zero-order valence-corrected chi connectivity index (χ0v) is 7.47. The predicted molar refractivity (Wildman–Crippen MR) is 46.1 cm³/mol. The number of hydrogen-bond donors (Lipinski definition) is 2. The number of aliphatic hydroxyl groups is 1. The summed E-state index contributed by atoms with van der Waals surface area (Å²) in [6.45, 7) is 1.88. The van der Waals surface area contributed by atoms with Crippen molar-refractivity contribution in [3.8, 4) is 0 Å². The second kappa shape index (κ2) is 4.18. The van der Waals surface area contributed by atoms with Gasteiger partial charge in [0.2, 0.25) is 0 Å². The standard InChI is InChI=1S/C7H10N2O2S/c1-5(10)4-9-6(11)7-8-2-3-12-7/h2-3,5,10H,4H2,1H3,(H,9,11)/t5-/m1/s1. The zero-order valence-electron chi connectivity index (χ0n) is 6.65. The van der Waals surface area contributed by atoms with Gasteiger partial charge in [0.25, 0.3) is 5.91 Å². The molecule has 0 spiro atoms. The molecule has 0 aromatic carbocycles. The van der Waals surface area contributed by atoms with Crippen LogP contribution in [0.15, 0.2) is 11.6 Å². The third-order valence-corrected chi connectivity index (χ3v) is 1.96. The molecule has 1 amide bonds. The number of thiazole rings is 1. The highest BCUT2D eigenvalue weighted by Crippen LogP contribution is 2.02. The van der Waals surface area contributed by atoms with E-state index in [-0.39, 0.29) is 12.5 Å². The molecule has 1 aromatic rings. The Bertz CT molecular complexity index is 246. The van der Waals surface area contributed by atoms with Crippen LogP contribution in [0.5, 0.6) is 0 Å². The number of nitrogens with one attached hydrogen (secondary N) is 1. The van der Waals surface area contributed by atoms with E-state index in [0.717, 1.165) is 0 Å². The van der Waals surface area contributed by atoms with Crippen molar-refractivity contribution in [1.29, 1.82) is 0 Å². The van der Waals surface area contributed by atoms with E-state index in [2.05, 4.69) is 10.3 Å². The zero-order chi connectivity index (χ0) is 8.97. The molecule has 1 rings (SSSR count). The smallest absolute Gasteiger partial charge is 0.280 e. The van der Waals surface area contributed by atoms with Gasteiger partial charge in [0.15, 0.2) is 5.01 Å². The number of amides is 1. The summed E-state index contributed by atoms with van der Waals surface area (Å²) < 4.78 is 0. The summed E-state index contributed by atoms with van der Waals surface area (Å²) in [4.78, 5) is 15.0. The number of rotatable bonds is 3. The SMILES string of the molecule is C[C@@H](O)CNC(=O)c1nccs1. The number of carbonyl (C=O) groups is 1. The minimum atomic E-state index is -0.520. The van der Waals surface area contributed by atoms with E-state index in [4.69, 9.17) is 5.11 Å². The van der Waals surface area contributed by atoms with Crippen molar-refractivity contribution in [2.45, 2.75) is 13.0 Å². The maximum absolute atomic E-state index is 11.1. The first-order valence-electron chi connectivity index (χ1n) is 3.56. The minimum absolute atomic E-state index is 0.231. The monoisotopic (exact) mass is 186 g/mol. The predicted octanol–water partition coefficient (Wildman–Crippen LogP) is 0.254. The largest absolute Gasteiger partial charge is 0.392 e. The van der Waals surface area contributed by atoms with E-state index >= 15 is 0 Å². The van der Waals surface area contributed by atoms with Gasteiger partial charge in [0, 0.05) is 18.1 Å². The molecular weight excluding hydrogens is 176 g/mol. The summed E-state index contributed by atoms with van der Waals surface area (Å²) in [5, 5.41) is 13.6. The van der Waals surface area contributed by atoms with Crippen molar-refractivity contribution in [2.24, 2.45) is 0 Å². The second-order valence-corrected chi connectivity index (χ2v) is 3.29. The fourth-order valence-electron chi connectivity index (χ4n) is 0.652. The van der Waals surface area contributed by atoms with Crippen LogP contribution < -0.4 is 5.32 Å². The van der Waals surface area contributed by atoms with Gasteiger partial charge in [-0.25, -0.2) is 4.98 Å². The molecule has 0 aliphatic rings. The normalized spacial score (nSPS) is 12.5. The van der Waals surface area contributed by atoms with Gasteiger partial charge in [-0.15, -0.1) is 11.3 Å². The van der Waals surface area contributed by atoms with Crippen molar-refractivity contribution in [1.82, 2.24) is 10.3 Å². The van der Waals surface area contributed by atoms with Gasteiger partial charge in [-0.3, -0.25) is 4.79 Å². The Labute approximate surface area is 74.3 Å². The second-order valence-electron chi connectivity index (χ2n) is 2.40. The van der Waals surface area contributed by atoms with Crippen LogP contribution in [0, 0.1) is 0 Å². The van der Waals surface area contributed by atoms with Crippen LogP contribution in [-0.2, 0) is 0 Å². The maximum Gasteiger partial charge on any atom is 0.280 e. The highest BCUT2D eigenvalue weighted by molar-refractivity contribution is 7.11. The molecule has 0 aliphatic carbocycles. The third-order valence-electron chi connectivity index (χ3n) is 1.18. The molecule has 0 saturated heterocycles. The van der Waals surface area contributed by atoms with Crippen LogP contribution in [0.4, 0.5) is 0 Å². The van der Waals surface area contributed by atoms with E-state index in [1.54, 1.807) is 18.5 Å². The molecule has 0 saturated carbocycles. The lowest BCUT2D eigenvalue weighted by molar-refractivity contribution is 0.0923. The van der Waals surface area contributed by atoms with E-state index in [0.29, 0.717) is 5.01 Å². The fraction of sp³-hybridized carbons (Fsp3) is 0.429. The van der Waals surface area contributed by atoms with Crippen LogP contribution in [0.2, 0.25) is 0 Å². The van der Waals surface area contributed by atoms with Crippen molar-refractivity contribution in [3.63, 3.8) is 0 Å². The molecule has 0 aliphatic heterocycles. The molecule has 0 radical (unpaired) electrons. The quantitative estimate of drug-likeness (QED) is 0.711. The minimum Gasteiger partial charge on any atom is -0.392 e. The van der Waals surface area contributed by atoms with E-state index in [1.807, 2.05) is 0 Å². The molecule has 12 heavy (non-hydrogen) atoms. The Morgan fingerprint density at radius 1 is 1.92 bits per heavy atom. The van der Waals surface area contributed by atoms with Crippen LogP contribution in [-0.4, -0.2) is 28.6 Å². The maximum atomic E-state index is 11.1. The first-order valence-corrected chi connectivity index (χ1v) is 4.44. The Balaban J connectivity index is 2.40. The molecule has 0 unspecified atom stereocenters. The molecule has 1 atom stereocenters. The van der Waals surface area contributed by atoms with Crippen molar-refractivity contribution < 1.29 is 9.90 Å². The van der Waals surface area contributed by atoms with Crippen molar-refractivity contribution in [3.05, 3.63) is 16.6 Å². The molecule has 5 heteroatoms. The van der Waals surface area contributed by atoms with Crippen LogP contribution in [0.3, 0.4) is 0 Å². The molecule has 1 heterocycles. The molecular formula is C7H10N2O2S. The first kappa shape index (κ1) is 9.15. The molecule has 66 valence electrons. The summed E-state index contributed by atoms with van der Waals surface area (Å²) in [6, 6.07) is 0. The highest BCUT2D eigenvalue weighted by Gasteiger charge is 2.07. The Morgan fingerprint density at radius 3 is 3.17 bits per heavy atom. The van der Waals surface area contributed by atoms with Gasteiger partial charge < -0.3 is 10.4 Å². The average molecular weight is 186 g/mol. The van der Waals surface area contributed by atoms with E-state index < -0.39 is 6.10 Å². The Kier molecular flexibility index (Phi) is 3.19.